The molecule has 0 bridgehead atoms. The Bertz CT molecular complexity index is 1000. The standard InChI is InChI=1S/C22H24N2O4S/c1-15-4-7-18(8-5-15)28-10-11-29-22-23-17(14-21(25)24-22)12-16-6-9-19(26-2)20(13-16)27-3/h4-9,13-14H,10-12H2,1-3H3,(H,23,24,25). The Balaban J connectivity index is 1.60. The van der Waals surface area contributed by atoms with E-state index in [9.17, 15) is 4.79 Å². The van der Waals surface area contributed by atoms with Crippen molar-refractivity contribution in [3.8, 4) is 17.2 Å². The Morgan fingerprint density at radius 2 is 1.76 bits per heavy atom. The van der Waals surface area contributed by atoms with Gasteiger partial charge in [0.15, 0.2) is 16.7 Å². The summed E-state index contributed by atoms with van der Waals surface area (Å²) in [5.74, 6) is 2.83. The molecule has 1 N–H and O–H groups in total. The van der Waals surface area contributed by atoms with Crippen molar-refractivity contribution in [2.75, 3.05) is 26.6 Å². The maximum atomic E-state index is 12.0. The Labute approximate surface area is 174 Å². The van der Waals surface area contributed by atoms with Gasteiger partial charge in [0.05, 0.1) is 26.5 Å². The van der Waals surface area contributed by atoms with Gasteiger partial charge in [0.1, 0.15) is 5.75 Å². The Morgan fingerprint density at radius 1 is 1.00 bits per heavy atom. The lowest BCUT2D eigenvalue weighted by molar-refractivity contribution is 0.344. The Morgan fingerprint density at radius 3 is 2.48 bits per heavy atom. The number of aromatic amines is 1. The number of thioether (sulfide) groups is 1. The van der Waals surface area contributed by atoms with Crippen molar-refractivity contribution in [1.82, 2.24) is 9.97 Å². The van der Waals surface area contributed by atoms with Gasteiger partial charge >= 0.3 is 0 Å². The second-order valence-corrected chi connectivity index (χ2v) is 7.50. The zero-order chi connectivity index (χ0) is 20.6. The van der Waals surface area contributed by atoms with Crippen LogP contribution >= 0.6 is 11.8 Å². The molecule has 152 valence electrons. The fourth-order valence-corrected chi connectivity index (χ4v) is 3.49. The van der Waals surface area contributed by atoms with Crippen molar-refractivity contribution in [3.05, 3.63) is 75.7 Å². The molecule has 0 radical (unpaired) electrons. The zero-order valence-corrected chi connectivity index (χ0v) is 17.5. The number of aromatic nitrogens is 2. The van der Waals surface area contributed by atoms with Gasteiger partial charge in [-0.15, -0.1) is 0 Å². The molecule has 0 unspecified atom stereocenters. The number of rotatable bonds is 9. The molecular formula is C22H24N2O4S. The van der Waals surface area contributed by atoms with E-state index in [1.807, 2.05) is 49.4 Å². The number of benzene rings is 2. The number of methoxy groups -OCH3 is 2. The van der Waals surface area contributed by atoms with E-state index in [2.05, 4.69) is 9.97 Å². The van der Waals surface area contributed by atoms with Crippen LogP contribution in [0.15, 0.2) is 58.5 Å². The number of nitrogens with one attached hydrogen (secondary N) is 1. The van der Waals surface area contributed by atoms with Crippen LogP contribution in [0.5, 0.6) is 17.2 Å². The molecule has 7 heteroatoms. The Kier molecular flexibility index (Phi) is 7.19. The van der Waals surface area contributed by atoms with Crippen LogP contribution in [0.2, 0.25) is 0 Å². The van der Waals surface area contributed by atoms with E-state index >= 15 is 0 Å². The van der Waals surface area contributed by atoms with Crippen LogP contribution in [0.3, 0.4) is 0 Å². The highest BCUT2D eigenvalue weighted by atomic mass is 32.2. The lowest BCUT2D eigenvalue weighted by Crippen LogP contribution is -2.11. The van der Waals surface area contributed by atoms with Gasteiger partial charge in [-0.25, -0.2) is 4.98 Å². The largest absolute Gasteiger partial charge is 0.493 e. The van der Waals surface area contributed by atoms with Gasteiger partial charge in [-0.3, -0.25) is 4.79 Å². The molecule has 2 aromatic carbocycles. The van der Waals surface area contributed by atoms with Gasteiger partial charge in [-0.2, -0.15) is 0 Å². The highest BCUT2D eigenvalue weighted by Crippen LogP contribution is 2.28. The molecule has 0 fully saturated rings. The number of H-pyrrole nitrogens is 1. The molecule has 0 saturated carbocycles. The van der Waals surface area contributed by atoms with Crippen LogP contribution in [0.1, 0.15) is 16.8 Å². The molecule has 0 amide bonds. The maximum absolute atomic E-state index is 12.0. The van der Waals surface area contributed by atoms with Crippen molar-refractivity contribution >= 4 is 11.8 Å². The average Bonchev–Trinajstić information content (AvgIpc) is 2.72. The molecule has 0 aliphatic heterocycles. The van der Waals surface area contributed by atoms with Crippen LogP contribution in [0, 0.1) is 6.92 Å². The molecule has 3 rings (SSSR count). The van der Waals surface area contributed by atoms with Crippen molar-refractivity contribution in [2.24, 2.45) is 0 Å². The first-order valence-electron chi connectivity index (χ1n) is 9.21. The third-order valence-corrected chi connectivity index (χ3v) is 5.06. The fraction of sp³-hybridized carbons (Fsp3) is 0.273. The average molecular weight is 413 g/mol. The maximum Gasteiger partial charge on any atom is 0.251 e. The molecule has 6 nitrogen and oxygen atoms in total. The number of ether oxygens (including phenoxy) is 3. The minimum absolute atomic E-state index is 0.169. The fourth-order valence-electron chi connectivity index (χ4n) is 2.77. The molecule has 0 atom stereocenters. The second kappa shape index (κ2) is 10.0. The first-order valence-corrected chi connectivity index (χ1v) is 10.2. The number of aryl methyl sites for hydroxylation is 1. The molecule has 0 saturated heterocycles. The predicted molar refractivity (Wildman–Crippen MR) is 115 cm³/mol. The topological polar surface area (TPSA) is 73.4 Å². The molecule has 1 heterocycles. The van der Waals surface area contributed by atoms with Gasteiger partial charge in [0, 0.05) is 18.2 Å². The van der Waals surface area contributed by atoms with Gasteiger partial charge in [0.2, 0.25) is 0 Å². The summed E-state index contributed by atoms with van der Waals surface area (Å²) in [5, 5.41) is 0.584. The molecule has 0 aliphatic rings. The highest BCUT2D eigenvalue weighted by Gasteiger charge is 2.08. The summed E-state index contributed by atoms with van der Waals surface area (Å²) in [6.07, 6.45) is 0.525. The molecular weight excluding hydrogens is 388 g/mol. The quantitative estimate of drug-likeness (QED) is 0.327. The molecule has 0 spiro atoms. The highest BCUT2D eigenvalue weighted by molar-refractivity contribution is 7.99. The van der Waals surface area contributed by atoms with Crippen molar-refractivity contribution in [2.45, 2.75) is 18.5 Å². The summed E-state index contributed by atoms with van der Waals surface area (Å²) < 4.78 is 16.3. The lowest BCUT2D eigenvalue weighted by Gasteiger charge is -2.10. The van der Waals surface area contributed by atoms with Crippen molar-refractivity contribution in [3.63, 3.8) is 0 Å². The van der Waals surface area contributed by atoms with Crippen LogP contribution in [0.4, 0.5) is 0 Å². The SMILES string of the molecule is COc1ccc(Cc2cc(=O)[nH]c(SCCOc3ccc(C)cc3)n2)cc1OC. The third-order valence-electron chi connectivity index (χ3n) is 4.22. The first kappa shape index (κ1) is 20.8. The van der Waals surface area contributed by atoms with Crippen LogP contribution in [-0.4, -0.2) is 36.5 Å². The van der Waals surface area contributed by atoms with Crippen molar-refractivity contribution in [1.29, 1.82) is 0 Å². The number of nitrogens with zero attached hydrogens (tertiary/aromatic N) is 1. The van der Waals surface area contributed by atoms with E-state index in [0.29, 0.717) is 41.1 Å². The molecule has 3 aromatic rings. The Hall–Kier alpha value is -2.93. The summed E-state index contributed by atoms with van der Waals surface area (Å²) in [4.78, 5) is 19.4. The van der Waals surface area contributed by atoms with E-state index < -0.39 is 0 Å². The summed E-state index contributed by atoms with van der Waals surface area (Å²) in [5.41, 5.74) is 2.71. The van der Waals surface area contributed by atoms with Gasteiger partial charge in [-0.05, 0) is 36.8 Å². The van der Waals surface area contributed by atoms with E-state index in [0.717, 1.165) is 11.3 Å². The monoisotopic (exact) mass is 412 g/mol. The number of hydrogen-bond donors (Lipinski definition) is 1. The molecule has 1 aromatic heterocycles. The van der Waals surface area contributed by atoms with E-state index in [1.54, 1.807) is 14.2 Å². The van der Waals surface area contributed by atoms with Gasteiger partial charge in [-0.1, -0.05) is 35.5 Å². The van der Waals surface area contributed by atoms with Crippen LogP contribution in [0.25, 0.3) is 0 Å². The van der Waals surface area contributed by atoms with E-state index in [4.69, 9.17) is 14.2 Å². The lowest BCUT2D eigenvalue weighted by atomic mass is 10.1. The van der Waals surface area contributed by atoms with E-state index in [-0.39, 0.29) is 5.56 Å². The van der Waals surface area contributed by atoms with Crippen LogP contribution in [-0.2, 0) is 6.42 Å². The summed E-state index contributed by atoms with van der Waals surface area (Å²) in [6, 6.07) is 15.1. The van der Waals surface area contributed by atoms with Gasteiger partial charge < -0.3 is 19.2 Å². The molecule has 0 aliphatic carbocycles. The normalized spacial score (nSPS) is 10.6. The van der Waals surface area contributed by atoms with Gasteiger partial charge in [0.25, 0.3) is 5.56 Å². The third kappa shape index (κ3) is 6.02. The number of hydrogen-bond acceptors (Lipinski definition) is 6. The summed E-state index contributed by atoms with van der Waals surface area (Å²) in [7, 11) is 3.20. The van der Waals surface area contributed by atoms with Crippen molar-refractivity contribution < 1.29 is 14.2 Å². The zero-order valence-electron chi connectivity index (χ0n) is 16.7. The molecule has 29 heavy (non-hydrogen) atoms. The van der Waals surface area contributed by atoms with E-state index in [1.165, 1.54) is 23.4 Å². The minimum atomic E-state index is -0.169. The van der Waals surface area contributed by atoms with Crippen LogP contribution < -0.4 is 19.8 Å². The summed E-state index contributed by atoms with van der Waals surface area (Å²) in [6.45, 7) is 2.56. The summed E-state index contributed by atoms with van der Waals surface area (Å²) >= 11 is 1.46. The predicted octanol–water partition coefficient (Wildman–Crippen LogP) is 3.86. The smallest absolute Gasteiger partial charge is 0.251 e. The second-order valence-electron chi connectivity index (χ2n) is 6.42. The minimum Gasteiger partial charge on any atom is -0.493 e. The first-order chi connectivity index (χ1) is 14.1.